The van der Waals surface area contributed by atoms with E-state index >= 15 is 0 Å². The van der Waals surface area contributed by atoms with Gasteiger partial charge < -0.3 is 10.8 Å². The van der Waals surface area contributed by atoms with E-state index in [2.05, 4.69) is 0 Å². The Hall–Kier alpha value is -1.36. The number of aliphatic carboxylic acids is 1. The molecule has 0 radical (unpaired) electrons. The van der Waals surface area contributed by atoms with Crippen molar-refractivity contribution < 1.29 is 18.7 Å². The summed E-state index contributed by atoms with van der Waals surface area (Å²) in [6.07, 6.45) is 0. The molecule has 0 aliphatic carbocycles. The van der Waals surface area contributed by atoms with Gasteiger partial charge in [0.2, 0.25) is 0 Å². The van der Waals surface area contributed by atoms with Gasteiger partial charge in [-0.2, -0.15) is 8.78 Å². The highest BCUT2D eigenvalue weighted by Crippen LogP contribution is 2.31. The number of carboxylic acid groups (broad SMARTS) is 1. The Morgan fingerprint density at radius 2 is 2.07 bits per heavy atom. The van der Waals surface area contributed by atoms with Gasteiger partial charge in [0.05, 0.1) is 10.7 Å². The summed E-state index contributed by atoms with van der Waals surface area (Å²) >= 11 is 5.47. The lowest BCUT2D eigenvalue weighted by molar-refractivity contribution is -0.166. The van der Waals surface area contributed by atoms with E-state index in [-0.39, 0.29) is 10.7 Å². The zero-order valence-electron chi connectivity index (χ0n) is 6.80. The van der Waals surface area contributed by atoms with Gasteiger partial charge in [-0.3, -0.25) is 0 Å². The van der Waals surface area contributed by atoms with Gasteiger partial charge in [0.25, 0.3) is 0 Å². The van der Waals surface area contributed by atoms with Gasteiger partial charge >= 0.3 is 11.9 Å². The van der Waals surface area contributed by atoms with Crippen molar-refractivity contribution in [2.24, 2.45) is 0 Å². The lowest BCUT2D eigenvalue weighted by Crippen LogP contribution is -2.25. The standard InChI is InChI=1S/C8H6ClF2NO2/c9-5-3-4(1-2-6(5)12)8(10,11)7(13)14/h1-3H,12H2,(H,13,14). The summed E-state index contributed by atoms with van der Waals surface area (Å²) < 4.78 is 25.8. The summed E-state index contributed by atoms with van der Waals surface area (Å²) in [5.74, 6) is -6.17. The topological polar surface area (TPSA) is 63.3 Å². The number of benzene rings is 1. The van der Waals surface area contributed by atoms with Crippen LogP contribution in [-0.4, -0.2) is 11.1 Å². The lowest BCUT2D eigenvalue weighted by atomic mass is 10.1. The molecule has 0 amide bonds. The van der Waals surface area contributed by atoms with Crippen molar-refractivity contribution in [3.05, 3.63) is 28.8 Å². The molecule has 1 aromatic carbocycles. The van der Waals surface area contributed by atoms with Crippen LogP contribution in [0.2, 0.25) is 5.02 Å². The second kappa shape index (κ2) is 3.42. The van der Waals surface area contributed by atoms with Gasteiger partial charge in [0.15, 0.2) is 0 Å². The van der Waals surface area contributed by atoms with Crippen molar-refractivity contribution in [3.8, 4) is 0 Å². The molecule has 14 heavy (non-hydrogen) atoms. The highest BCUT2D eigenvalue weighted by molar-refractivity contribution is 6.33. The minimum atomic E-state index is -3.95. The first kappa shape index (κ1) is 10.7. The summed E-state index contributed by atoms with van der Waals surface area (Å²) in [6, 6.07) is 2.90. The van der Waals surface area contributed by atoms with Gasteiger partial charge in [-0.05, 0) is 12.1 Å². The van der Waals surface area contributed by atoms with Crippen molar-refractivity contribution in [1.29, 1.82) is 0 Å². The van der Waals surface area contributed by atoms with Crippen LogP contribution < -0.4 is 5.73 Å². The monoisotopic (exact) mass is 221 g/mol. The third-order valence-corrected chi connectivity index (χ3v) is 1.96. The maximum absolute atomic E-state index is 12.9. The number of halogens is 3. The molecule has 0 unspecified atom stereocenters. The molecule has 0 aliphatic heterocycles. The van der Waals surface area contributed by atoms with Gasteiger partial charge in [0.1, 0.15) is 0 Å². The van der Waals surface area contributed by atoms with Crippen molar-refractivity contribution in [1.82, 2.24) is 0 Å². The normalized spacial score (nSPS) is 11.4. The largest absolute Gasteiger partial charge is 0.477 e. The number of nitrogen functional groups attached to an aromatic ring is 1. The fraction of sp³-hybridized carbons (Fsp3) is 0.125. The van der Waals surface area contributed by atoms with Gasteiger partial charge in [0, 0.05) is 5.56 Å². The van der Waals surface area contributed by atoms with Crippen molar-refractivity contribution in [2.45, 2.75) is 5.92 Å². The average Bonchev–Trinajstić information content (AvgIpc) is 2.09. The summed E-state index contributed by atoms with van der Waals surface area (Å²) in [5, 5.41) is 8.14. The minimum absolute atomic E-state index is 0.0941. The molecular weight excluding hydrogens is 216 g/mol. The molecule has 0 saturated heterocycles. The highest BCUT2D eigenvalue weighted by atomic mass is 35.5. The number of hydrogen-bond donors (Lipinski definition) is 2. The van der Waals surface area contributed by atoms with E-state index in [0.717, 1.165) is 18.2 Å². The van der Waals surface area contributed by atoms with Gasteiger partial charge in [-0.15, -0.1) is 0 Å². The van der Waals surface area contributed by atoms with E-state index in [9.17, 15) is 13.6 Å². The smallest absolute Gasteiger partial charge is 0.379 e. The Morgan fingerprint density at radius 1 is 1.50 bits per heavy atom. The van der Waals surface area contributed by atoms with E-state index in [1.54, 1.807) is 0 Å². The number of anilines is 1. The lowest BCUT2D eigenvalue weighted by Gasteiger charge is -2.11. The highest BCUT2D eigenvalue weighted by Gasteiger charge is 2.41. The molecule has 0 heterocycles. The van der Waals surface area contributed by atoms with Crippen LogP contribution >= 0.6 is 11.6 Å². The quantitative estimate of drug-likeness (QED) is 0.752. The first-order chi connectivity index (χ1) is 6.35. The predicted octanol–water partition coefficient (Wildman–Crippen LogP) is 2.10. The van der Waals surface area contributed by atoms with Gasteiger partial charge in [-0.25, -0.2) is 4.79 Å². The second-order valence-corrected chi connectivity index (χ2v) is 3.02. The molecule has 0 saturated carbocycles. The fourth-order valence-electron chi connectivity index (χ4n) is 0.846. The second-order valence-electron chi connectivity index (χ2n) is 2.62. The maximum Gasteiger partial charge on any atom is 0.379 e. The van der Waals surface area contributed by atoms with E-state index < -0.39 is 17.5 Å². The Bertz CT molecular complexity index is 382. The molecule has 1 rings (SSSR count). The molecule has 0 spiro atoms. The Kier molecular flexibility index (Phi) is 2.62. The molecular formula is C8H6ClF2NO2. The number of nitrogens with two attached hydrogens (primary N) is 1. The van der Waals surface area contributed by atoms with E-state index in [4.69, 9.17) is 22.4 Å². The third-order valence-electron chi connectivity index (χ3n) is 1.63. The maximum atomic E-state index is 12.9. The summed E-state index contributed by atoms with van der Waals surface area (Å²) in [4.78, 5) is 10.2. The number of carbonyl (C=O) groups is 1. The zero-order valence-corrected chi connectivity index (χ0v) is 7.55. The molecule has 6 heteroatoms. The molecule has 3 nitrogen and oxygen atoms in total. The number of hydrogen-bond acceptors (Lipinski definition) is 2. The summed E-state index contributed by atoms with van der Waals surface area (Å²) in [7, 11) is 0. The van der Waals surface area contributed by atoms with E-state index in [0.29, 0.717) is 0 Å². The van der Waals surface area contributed by atoms with Crippen molar-refractivity contribution in [2.75, 3.05) is 5.73 Å². The number of rotatable bonds is 2. The van der Waals surface area contributed by atoms with Gasteiger partial charge in [-0.1, -0.05) is 17.7 Å². The summed E-state index contributed by atoms with van der Waals surface area (Å²) in [5.41, 5.74) is 4.72. The van der Waals surface area contributed by atoms with Crippen LogP contribution in [0.4, 0.5) is 14.5 Å². The SMILES string of the molecule is Nc1ccc(C(F)(F)C(=O)O)cc1Cl. The van der Waals surface area contributed by atoms with Crippen LogP contribution in [0.3, 0.4) is 0 Å². The van der Waals surface area contributed by atoms with Crippen LogP contribution in [0.25, 0.3) is 0 Å². The zero-order chi connectivity index (χ0) is 10.9. The molecule has 0 atom stereocenters. The predicted molar refractivity (Wildman–Crippen MR) is 47.4 cm³/mol. The van der Waals surface area contributed by atoms with E-state index in [1.807, 2.05) is 0 Å². The van der Waals surface area contributed by atoms with Crippen LogP contribution in [0.15, 0.2) is 18.2 Å². The van der Waals surface area contributed by atoms with Crippen LogP contribution in [-0.2, 0) is 10.7 Å². The average molecular weight is 222 g/mol. The molecule has 0 fully saturated rings. The van der Waals surface area contributed by atoms with Crippen LogP contribution in [0.5, 0.6) is 0 Å². The molecule has 0 bridgehead atoms. The Balaban J connectivity index is 3.21. The molecule has 76 valence electrons. The summed E-state index contributed by atoms with van der Waals surface area (Å²) in [6.45, 7) is 0. The first-order valence-corrected chi connectivity index (χ1v) is 3.90. The third kappa shape index (κ3) is 1.77. The van der Waals surface area contributed by atoms with E-state index in [1.165, 1.54) is 0 Å². The molecule has 3 N–H and O–H groups in total. The van der Waals surface area contributed by atoms with Crippen LogP contribution in [0, 0.1) is 0 Å². The first-order valence-electron chi connectivity index (χ1n) is 3.52. The minimum Gasteiger partial charge on any atom is -0.477 e. The molecule has 1 aromatic rings. The van der Waals surface area contributed by atoms with Crippen molar-refractivity contribution >= 4 is 23.3 Å². The molecule has 0 aromatic heterocycles. The Labute approximate surface area is 83.1 Å². The molecule has 0 aliphatic rings. The number of carboxylic acids is 1. The number of alkyl halides is 2. The Morgan fingerprint density at radius 3 is 2.50 bits per heavy atom. The van der Waals surface area contributed by atoms with Crippen molar-refractivity contribution in [3.63, 3.8) is 0 Å². The fourth-order valence-corrected chi connectivity index (χ4v) is 1.03. The van der Waals surface area contributed by atoms with Crippen LogP contribution in [0.1, 0.15) is 5.56 Å².